The number of Topliss-reactive ketones (excluding diaryl/α,β-unsaturated/α-hetero) is 1. The molecule has 0 spiro atoms. The molecule has 0 bridgehead atoms. The number of anilines is 1. The van der Waals surface area contributed by atoms with Gasteiger partial charge in [0, 0.05) is 11.3 Å². The van der Waals surface area contributed by atoms with Crippen LogP contribution in [0.3, 0.4) is 0 Å². The number of aromatic nitrogens is 3. The van der Waals surface area contributed by atoms with Crippen LogP contribution in [0.5, 0.6) is 0 Å². The van der Waals surface area contributed by atoms with Gasteiger partial charge in [-0.05, 0) is 55.8 Å². The Bertz CT molecular complexity index is 1210. The van der Waals surface area contributed by atoms with Crippen molar-refractivity contribution in [2.24, 2.45) is 0 Å². The number of rotatable bonds is 10. The maximum Gasteiger partial charge on any atom is 0.229 e. The Kier molecular flexibility index (Phi) is 8.02. The van der Waals surface area contributed by atoms with Crippen molar-refractivity contribution >= 4 is 33.3 Å². The Morgan fingerprint density at radius 2 is 1.68 bits per heavy atom. The topological polar surface area (TPSA) is 97.2 Å². The molecule has 10 heteroatoms. The number of thioether (sulfide) groups is 1. The number of likely N-dealkylation sites (tertiary alicyclic amines) is 1. The highest BCUT2D eigenvalue weighted by Crippen LogP contribution is 2.22. The highest BCUT2D eigenvalue weighted by atomic mass is 32.2. The molecule has 3 aromatic rings. The zero-order valence-corrected chi connectivity index (χ0v) is 20.8. The summed E-state index contributed by atoms with van der Waals surface area (Å²) in [6, 6.07) is 16.6. The standard InChI is InChI=1S/C24H29N5O3S2/c1-34(31,32)27-21-12-10-20(11-13-21)22(30)18-33-24-26-25-23(17-28-14-6-3-7-15-28)29(24)16-19-8-4-2-5-9-19/h2,4-5,8-13,27H,3,6-7,14-18H2,1H3. The van der Waals surface area contributed by atoms with Gasteiger partial charge in [-0.25, -0.2) is 8.42 Å². The maximum absolute atomic E-state index is 12.8. The van der Waals surface area contributed by atoms with Crippen LogP contribution >= 0.6 is 11.8 Å². The van der Waals surface area contributed by atoms with Gasteiger partial charge in [0.05, 0.1) is 25.1 Å². The van der Waals surface area contributed by atoms with Crippen LogP contribution in [0.25, 0.3) is 0 Å². The van der Waals surface area contributed by atoms with E-state index in [0.717, 1.165) is 42.4 Å². The van der Waals surface area contributed by atoms with Gasteiger partial charge in [-0.3, -0.25) is 14.4 Å². The van der Waals surface area contributed by atoms with Crippen molar-refractivity contribution in [2.75, 3.05) is 29.8 Å². The molecular weight excluding hydrogens is 470 g/mol. The number of hydrogen-bond acceptors (Lipinski definition) is 7. The summed E-state index contributed by atoms with van der Waals surface area (Å²) < 4.78 is 27.3. The number of piperidine rings is 1. The van der Waals surface area contributed by atoms with Crippen LogP contribution < -0.4 is 4.72 Å². The summed E-state index contributed by atoms with van der Waals surface area (Å²) in [5, 5.41) is 9.62. The highest BCUT2D eigenvalue weighted by molar-refractivity contribution is 7.99. The van der Waals surface area contributed by atoms with Crippen LogP contribution in [-0.2, 0) is 23.1 Å². The second-order valence-electron chi connectivity index (χ2n) is 8.47. The van der Waals surface area contributed by atoms with Crippen molar-refractivity contribution < 1.29 is 13.2 Å². The van der Waals surface area contributed by atoms with Crippen molar-refractivity contribution in [3.63, 3.8) is 0 Å². The molecule has 1 aromatic heterocycles. The Labute approximate surface area is 204 Å². The zero-order chi connectivity index (χ0) is 24.0. The van der Waals surface area contributed by atoms with E-state index in [1.54, 1.807) is 24.3 Å². The summed E-state index contributed by atoms with van der Waals surface area (Å²) in [6.45, 7) is 3.55. The van der Waals surface area contributed by atoms with Gasteiger partial charge in [0.1, 0.15) is 5.82 Å². The fraction of sp³-hybridized carbons (Fsp3) is 0.375. The Morgan fingerprint density at radius 1 is 0.971 bits per heavy atom. The van der Waals surface area contributed by atoms with Gasteiger partial charge in [0.2, 0.25) is 10.0 Å². The largest absolute Gasteiger partial charge is 0.300 e. The maximum atomic E-state index is 12.8. The van der Waals surface area contributed by atoms with E-state index in [1.807, 2.05) is 18.2 Å². The van der Waals surface area contributed by atoms with Gasteiger partial charge in [0.15, 0.2) is 10.9 Å². The fourth-order valence-electron chi connectivity index (χ4n) is 3.94. The Hall–Kier alpha value is -2.69. The molecule has 1 saturated heterocycles. The van der Waals surface area contributed by atoms with E-state index in [4.69, 9.17) is 0 Å². The molecule has 1 aliphatic rings. The molecule has 0 radical (unpaired) electrons. The van der Waals surface area contributed by atoms with E-state index in [0.29, 0.717) is 17.8 Å². The minimum atomic E-state index is -3.36. The van der Waals surface area contributed by atoms with Gasteiger partial charge in [-0.15, -0.1) is 10.2 Å². The summed E-state index contributed by atoms with van der Waals surface area (Å²) in [5.41, 5.74) is 2.11. The summed E-state index contributed by atoms with van der Waals surface area (Å²) >= 11 is 1.38. The lowest BCUT2D eigenvalue weighted by molar-refractivity contribution is 0.102. The van der Waals surface area contributed by atoms with Gasteiger partial charge < -0.3 is 4.57 Å². The molecule has 1 fully saturated rings. The van der Waals surface area contributed by atoms with E-state index in [1.165, 1.54) is 31.0 Å². The van der Waals surface area contributed by atoms with Gasteiger partial charge in [0.25, 0.3) is 0 Å². The highest BCUT2D eigenvalue weighted by Gasteiger charge is 2.19. The van der Waals surface area contributed by atoms with Crippen molar-refractivity contribution in [2.45, 2.75) is 37.5 Å². The smallest absolute Gasteiger partial charge is 0.229 e. The lowest BCUT2D eigenvalue weighted by Gasteiger charge is -2.26. The van der Waals surface area contributed by atoms with E-state index in [2.05, 4.69) is 36.5 Å². The molecule has 4 rings (SSSR count). The molecule has 0 atom stereocenters. The normalized spacial score (nSPS) is 14.7. The molecule has 0 unspecified atom stereocenters. The number of hydrogen-bond donors (Lipinski definition) is 1. The first-order chi connectivity index (χ1) is 16.4. The number of nitrogens with one attached hydrogen (secondary N) is 1. The summed E-state index contributed by atoms with van der Waals surface area (Å²) in [5.74, 6) is 1.08. The number of carbonyl (C=O) groups is 1. The van der Waals surface area contributed by atoms with Crippen molar-refractivity contribution in [3.8, 4) is 0 Å². The first kappa shape index (κ1) is 24.4. The lowest BCUT2D eigenvalue weighted by atomic mass is 10.1. The molecule has 34 heavy (non-hydrogen) atoms. The van der Waals surface area contributed by atoms with Crippen molar-refractivity contribution in [1.82, 2.24) is 19.7 Å². The van der Waals surface area contributed by atoms with E-state index in [9.17, 15) is 13.2 Å². The molecule has 8 nitrogen and oxygen atoms in total. The van der Waals surface area contributed by atoms with Crippen LogP contribution in [0.4, 0.5) is 5.69 Å². The predicted molar refractivity (Wildman–Crippen MR) is 135 cm³/mol. The van der Waals surface area contributed by atoms with Gasteiger partial charge in [-0.1, -0.05) is 48.5 Å². The molecule has 2 aromatic carbocycles. The fourth-order valence-corrected chi connectivity index (χ4v) is 5.35. The van der Waals surface area contributed by atoms with E-state index in [-0.39, 0.29) is 11.5 Å². The molecule has 1 aliphatic heterocycles. The molecule has 0 saturated carbocycles. The Balaban J connectivity index is 1.46. The monoisotopic (exact) mass is 499 g/mol. The van der Waals surface area contributed by atoms with Crippen LogP contribution in [0.1, 0.15) is 41.0 Å². The van der Waals surface area contributed by atoms with Gasteiger partial charge in [-0.2, -0.15) is 0 Å². The molecule has 0 aliphatic carbocycles. The average Bonchev–Trinajstić information content (AvgIpc) is 3.19. The average molecular weight is 500 g/mol. The first-order valence-electron chi connectivity index (χ1n) is 11.3. The summed E-state index contributed by atoms with van der Waals surface area (Å²) in [4.78, 5) is 15.2. The number of sulfonamides is 1. The van der Waals surface area contributed by atoms with Gasteiger partial charge >= 0.3 is 0 Å². The van der Waals surface area contributed by atoms with Crippen LogP contribution in [0.15, 0.2) is 59.8 Å². The van der Waals surface area contributed by atoms with E-state index < -0.39 is 10.0 Å². The van der Waals surface area contributed by atoms with Crippen LogP contribution in [0.2, 0.25) is 0 Å². The minimum absolute atomic E-state index is 0.0530. The predicted octanol–water partition coefficient (Wildman–Crippen LogP) is 3.66. The molecule has 1 N–H and O–H groups in total. The third-order valence-electron chi connectivity index (χ3n) is 5.63. The zero-order valence-electron chi connectivity index (χ0n) is 19.2. The van der Waals surface area contributed by atoms with Crippen LogP contribution in [0, 0.1) is 0 Å². The molecular formula is C24H29N5O3S2. The molecule has 2 heterocycles. The lowest BCUT2D eigenvalue weighted by Crippen LogP contribution is -2.30. The number of nitrogens with zero attached hydrogens (tertiary/aromatic N) is 4. The second kappa shape index (κ2) is 11.2. The third-order valence-corrected chi connectivity index (χ3v) is 7.21. The quantitative estimate of drug-likeness (QED) is 0.336. The first-order valence-corrected chi connectivity index (χ1v) is 14.2. The number of ketones is 1. The summed E-state index contributed by atoms with van der Waals surface area (Å²) in [7, 11) is -3.36. The van der Waals surface area contributed by atoms with Crippen LogP contribution in [-0.4, -0.2) is 59.0 Å². The second-order valence-corrected chi connectivity index (χ2v) is 11.2. The third kappa shape index (κ3) is 6.91. The minimum Gasteiger partial charge on any atom is -0.300 e. The molecule has 0 amide bonds. The number of carbonyl (C=O) groups excluding carboxylic acids is 1. The Morgan fingerprint density at radius 3 is 2.35 bits per heavy atom. The molecule has 180 valence electrons. The number of benzene rings is 2. The van der Waals surface area contributed by atoms with Crippen molar-refractivity contribution in [1.29, 1.82) is 0 Å². The van der Waals surface area contributed by atoms with Crippen molar-refractivity contribution in [3.05, 3.63) is 71.5 Å². The SMILES string of the molecule is CS(=O)(=O)Nc1ccc(C(=O)CSc2nnc(CN3CCCCC3)n2Cc2ccccc2)cc1. The van der Waals surface area contributed by atoms with E-state index >= 15 is 0 Å². The summed E-state index contributed by atoms with van der Waals surface area (Å²) in [6.07, 6.45) is 4.79.